The summed E-state index contributed by atoms with van der Waals surface area (Å²) in [5.74, 6) is 0.0206. The maximum absolute atomic E-state index is 13.9. The second-order valence-electron chi connectivity index (χ2n) is 3.99. The molecule has 0 aliphatic carbocycles. The normalized spacial score (nSPS) is 10.4. The van der Waals surface area contributed by atoms with Crippen molar-refractivity contribution in [1.82, 2.24) is 15.0 Å². The van der Waals surface area contributed by atoms with E-state index in [0.717, 1.165) is 6.42 Å². The second-order valence-corrected chi connectivity index (χ2v) is 4.42. The maximum Gasteiger partial charge on any atom is 0.321 e. The summed E-state index contributed by atoms with van der Waals surface area (Å²) in [7, 11) is 1.67. The Labute approximate surface area is 121 Å². The van der Waals surface area contributed by atoms with E-state index in [4.69, 9.17) is 16.3 Å². The van der Waals surface area contributed by atoms with Crippen LogP contribution in [0, 0.1) is 5.82 Å². The number of rotatable bonds is 5. The van der Waals surface area contributed by atoms with Crippen LogP contribution in [-0.4, -0.2) is 28.6 Å². The van der Waals surface area contributed by atoms with Gasteiger partial charge in [-0.2, -0.15) is 15.0 Å². The van der Waals surface area contributed by atoms with Crippen LogP contribution in [0.3, 0.4) is 0 Å². The lowest BCUT2D eigenvalue weighted by Crippen LogP contribution is -2.06. The molecular weight excluding hydrogens is 283 g/mol. The number of nitrogens with one attached hydrogen (secondary N) is 1. The lowest BCUT2D eigenvalue weighted by molar-refractivity contribution is 0.292. The van der Waals surface area contributed by atoms with Gasteiger partial charge in [0.15, 0.2) is 5.82 Å². The molecule has 0 spiro atoms. The van der Waals surface area contributed by atoms with Crippen LogP contribution in [0.25, 0.3) is 11.4 Å². The van der Waals surface area contributed by atoms with E-state index < -0.39 is 5.82 Å². The van der Waals surface area contributed by atoms with Gasteiger partial charge in [0, 0.05) is 12.1 Å². The molecule has 7 heteroatoms. The molecule has 20 heavy (non-hydrogen) atoms. The van der Waals surface area contributed by atoms with Gasteiger partial charge in [0.1, 0.15) is 5.82 Å². The summed E-state index contributed by atoms with van der Waals surface area (Å²) in [6.45, 7) is 2.45. The summed E-state index contributed by atoms with van der Waals surface area (Å²) in [6, 6.07) is 4.48. The van der Waals surface area contributed by atoms with Crippen LogP contribution in [0.5, 0.6) is 6.01 Å². The van der Waals surface area contributed by atoms with E-state index in [-0.39, 0.29) is 17.4 Å². The minimum Gasteiger partial charge on any atom is -0.463 e. The Bertz CT molecular complexity index is 609. The molecular formula is C13H14ClFN4O. The molecule has 1 N–H and O–H groups in total. The summed E-state index contributed by atoms with van der Waals surface area (Å²) in [5, 5.41) is 3.11. The monoisotopic (exact) mass is 296 g/mol. The first-order chi connectivity index (χ1) is 9.63. The number of hydrogen-bond donors (Lipinski definition) is 1. The largest absolute Gasteiger partial charge is 0.463 e. The van der Waals surface area contributed by atoms with E-state index in [2.05, 4.69) is 20.3 Å². The predicted octanol–water partition coefficient (Wildman–Crippen LogP) is 3.16. The lowest BCUT2D eigenvalue weighted by atomic mass is 10.2. The average molecular weight is 297 g/mol. The Hall–Kier alpha value is -1.95. The van der Waals surface area contributed by atoms with Crippen LogP contribution in [0.4, 0.5) is 10.3 Å². The quantitative estimate of drug-likeness (QED) is 0.918. The van der Waals surface area contributed by atoms with Crippen LogP contribution in [0.15, 0.2) is 18.2 Å². The number of ether oxygens (including phenoxy) is 1. The Morgan fingerprint density at radius 3 is 2.75 bits per heavy atom. The molecule has 0 aliphatic heterocycles. The fourth-order valence-electron chi connectivity index (χ4n) is 1.52. The number of nitrogens with zero attached hydrogens (tertiary/aromatic N) is 3. The number of anilines is 1. The van der Waals surface area contributed by atoms with E-state index in [0.29, 0.717) is 17.6 Å². The number of halogens is 2. The van der Waals surface area contributed by atoms with E-state index in [1.807, 2.05) is 6.92 Å². The van der Waals surface area contributed by atoms with Gasteiger partial charge in [0.2, 0.25) is 5.95 Å². The van der Waals surface area contributed by atoms with Gasteiger partial charge >= 0.3 is 6.01 Å². The molecule has 0 saturated heterocycles. The van der Waals surface area contributed by atoms with Crippen LogP contribution >= 0.6 is 11.6 Å². The van der Waals surface area contributed by atoms with Crippen LogP contribution < -0.4 is 10.1 Å². The molecule has 0 unspecified atom stereocenters. The summed E-state index contributed by atoms with van der Waals surface area (Å²) in [5.41, 5.74) is 0.245. The van der Waals surface area contributed by atoms with Crippen molar-refractivity contribution in [2.45, 2.75) is 13.3 Å². The summed E-state index contributed by atoms with van der Waals surface area (Å²) >= 11 is 5.73. The highest BCUT2D eigenvalue weighted by molar-refractivity contribution is 6.30. The molecule has 2 rings (SSSR count). The van der Waals surface area contributed by atoms with Crippen molar-refractivity contribution < 1.29 is 9.13 Å². The minimum absolute atomic E-state index is 0.163. The van der Waals surface area contributed by atoms with Crippen molar-refractivity contribution in [2.24, 2.45) is 0 Å². The highest BCUT2D eigenvalue weighted by Gasteiger charge is 2.13. The molecule has 106 valence electrons. The summed E-state index contributed by atoms with van der Waals surface area (Å²) in [4.78, 5) is 12.3. The van der Waals surface area contributed by atoms with Crippen LogP contribution in [-0.2, 0) is 0 Å². The molecule has 0 bridgehead atoms. The number of hydrogen-bond acceptors (Lipinski definition) is 5. The van der Waals surface area contributed by atoms with Gasteiger partial charge in [-0.15, -0.1) is 0 Å². The zero-order valence-electron chi connectivity index (χ0n) is 11.2. The highest BCUT2D eigenvalue weighted by Crippen LogP contribution is 2.24. The molecule has 1 aromatic heterocycles. The maximum atomic E-state index is 13.9. The molecule has 0 radical (unpaired) electrons. The Morgan fingerprint density at radius 1 is 1.30 bits per heavy atom. The van der Waals surface area contributed by atoms with Crippen molar-refractivity contribution in [2.75, 3.05) is 19.0 Å². The van der Waals surface area contributed by atoms with Gasteiger partial charge in [-0.3, -0.25) is 0 Å². The first kappa shape index (κ1) is 14.5. The topological polar surface area (TPSA) is 59.9 Å². The molecule has 0 amide bonds. The van der Waals surface area contributed by atoms with Gasteiger partial charge in [-0.1, -0.05) is 18.5 Å². The lowest BCUT2D eigenvalue weighted by Gasteiger charge is -2.08. The van der Waals surface area contributed by atoms with Crippen molar-refractivity contribution in [3.63, 3.8) is 0 Å². The molecule has 0 aliphatic rings. The van der Waals surface area contributed by atoms with Crippen LogP contribution in [0.1, 0.15) is 13.3 Å². The number of benzene rings is 1. The van der Waals surface area contributed by atoms with Gasteiger partial charge in [-0.05, 0) is 24.6 Å². The average Bonchev–Trinajstić information content (AvgIpc) is 2.44. The summed E-state index contributed by atoms with van der Waals surface area (Å²) < 4.78 is 19.3. The van der Waals surface area contributed by atoms with Crippen molar-refractivity contribution in [3.05, 3.63) is 29.0 Å². The zero-order valence-corrected chi connectivity index (χ0v) is 11.9. The smallest absolute Gasteiger partial charge is 0.321 e. The molecule has 2 aromatic rings. The van der Waals surface area contributed by atoms with E-state index in [1.54, 1.807) is 13.1 Å². The molecule has 0 fully saturated rings. The van der Waals surface area contributed by atoms with Gasteiger partial charge in [0.25, 0.3) is 0 Å². The fraction of sp³-hybridized carbons (Fsp3) is 0.308. The zero-order chi connectivity index (χ0) is 14.5. The Balaban J connectivity index is 2.44. The molecule has 0 saturated carbocycles. The molecule has 1 aromatic carbocycles. The molecule has 1 heterocycles. The van der Waals surface area contributed by atoms with Crippen molar-refractivity contribution in [1.29, 1.82) is 0 Å². The Morgan fingerprint density at radius 2 is 2.10 bits per heavy atom. The standard InChI is InChI=1S/C13H14ClFN4O/c1-3-6-20-13-18-11(17-12(16-2)19-13)9-5-4-8(14)7-10(9)15/h4-5,7H,3,6H2,1-2H3,(H,16,17,18,19). The third-order valence-corrected chi connectivity index (χ3v) is 2.68. The molecule has 0 atom stereocenters. The predicted molar refractivity (Wildman–Crippen MR) is 75.6 cm³/mol. The minimum atomic E-state index is -0.493. The van der Waals surface area contributed by atoms with Gasteiger partial charge in [-0.25, -0.2) is 4.39 Å². The first-order valence-corrected chi connectivity index (χ1v) is 6.54. The second kappa shape index (κ2) is 6.47. The highest BCUT2D eigenvalue weighted by atomic mass is 35.5. The first-order valence-electron chi connectivity index (χ1n) is 6.16. The fourth-order valence-corrected chi connectivity index (χ4v) is 1.68. The van der Waals surface area contributed by atoms with Crippen molar-refractivity contribution >= 4 is 17.5 Å². The van der Waals surface area contributed by atoms with Gasteiger partial charge < -0.3 is 10.1 Å². The third kappa shape index (κ3) is 3.33. The third-order valence-electron chi connectivity index (χ3n) is 2.45. The summed E-state index contributed by atoms with van der Waals surface area (Å²) in [6.07, 6.45) is 0.825. The van der Waals surface area contributed by atoms with E-state index in [9.17, 15) is 4.39 Å². The Kier molecular flexibility index (Phi) is 4.68. The van der Waals surface area contributed by atoms with E-state index in [1.165, 1.54) is 12.1 Å². The van der Waals surface area contributed by atoms with Crippen molar-refractivity contribution in [3.8, 4) is 17.4 Å². The number of aromatic nitrogens is 3. The SMILES string of the molecule is CCCOc1nc(NC)nc(-c2ccc(Cl)cc2F)n1. The van der Waals surface area contributed by atoms with E-state index >= 15 is 0 Å². The van der Waals surface area contributed by atoms with Gasteiger partial charge in [0.05, 0.1) is 12.2 Å². The van der Waals surface area contributed by atoms with Crippen LogP contribution in [0.2, 0.25) is 5.02 Å². The molecule has 5 nitrogen and oxygen atoms in total.